The van der Waals surface area contributed by atoms with Crippen molar-refractivity contribution in [2.24, 2.45) is 23.7 Å². The van der Waals surface area contributed by atoms with Crippen molar-refractivity contribution in [3.8, 4) is 0 Å². The third-order valence-electron chi connectivity index (χ3n) is 5.59. The van der Waals surface area contributed by atoms with Gasteiger partial charge in [-0.15, -0.1) is 0 Å². The second-order valence-electron chi connectivity index (χ2n) is 7.07. The van der Waals surface area contributed by atoms with Crippen LogP contribution < -0.4 is 5.32 Å². The van der Waals surface area contributed by atoms with Gasteiger partial charge in [0.1, 0.15) is 0 Å². The molecule has 18 heavy (non-hydrogen) atoms. The fourth-order valence-corrected chi connectivity index (χ4v) is 4.33. The molecule has 0 bridgehead atoms. The Balaban J connectivity index is 1.95. The highest BCUT2D eigenvalue weighted by atomic mass is 14.9. The zero-order valence-electron chi connectivity index (χ0n) is 12.8. The van der Waals surface area contributed by atoms with Crippen LogP contribution in [0.15, 0.2) is 0 Å². The van der Waals surface area contributed by atoms with Gasteiger partial charge in [0.15, 0.2) is 0 Å². The molecule has 2 saturated carbocycles. The molecule has 1 heteroatoms. The van der Waals surface area contributed by atoms with Crippen LogP contribution in [0.25, 0.3) is 0 Å². The summed E-state index contributed by atoms with van der Waals surface area (Å²) in [5.74, 6) is 3.88. The van der Waals surface area contributed by atoms with Gasteiger partial charge < -0.3 is 5.32 Å². The highest BCUT2D eigenvalue weighted by molar-refractivity contribution is 4.90. The number of nitrogens with one attached hydrogen (secondary N) is 1. The highest BCUT2D eigenvalue weighted by Gasteiger charge is 2.36. The molecule has 0 amide bonds. The van der Waals surface area contributed by atoms with Crippen LogP contribution in [0.2, 0.25) is 0 Å². The minimum absolute atomic E-state index is 0.829. The van der Waals surface area contributed by atoms with Crippen molar-refractivity contribution in [3.63, 3.8) is 0 Å². The first-order chi connectivity index (χ1) is 8.72. The Bertz CT molecular complexity index is 230. The van der Waals surface area contributed by atoms with Crippen molar-refractivity contribution >= 4 is 0 Å². The summed E-state index contributed by atoms with van der Waals surface area (Å²) >= 11 is 0. The second-order valence-corrected chi connectivity index (χ2v) is 7.07. The summed E-state index contributed by atoms with van der Waals surface area (Å²) in [6, 6.07) is 0.829. The van der Waals surface area contributed by atoms with Gasteiger partial charge in [0.25, 0.3) is 0 Å². The van der Waals surface area contributed by atoms with Crippen molar-refractivity contribution in [2.45, 2.75) is 78.2 Å². The average Bonchev–Trinajstić information content (AvgIpc) is 2.78. The molecule has 3 unspecified atom stereocenters. The third-order valence-corrected chi connectivity index (χ3v) is 5.59. The lowest BCUT2D eigenvalue weighted by molar-refractivity contribution is 0.164. The number of hydrogen-bond donors (Lipinski definition) is 1. The second kappa shape index (κ2) is 6.93. The van der Waals surface area contributed by atoms with Crippen LogP contribution in [0.3, 0.4) is 0 Å². The summed E-state index contributed by atoms with van der Waals surface area (Å²) in [4.78, 5) is 0. The smallest absolute Gasteiger partial charge is 0.0126 e. The largest absolute Gasteiger partial charge is 0.313 e. The standard InChI is InChI=1S/C17H33N/c1-4-12-18-17(16-7-5-6-14(16)3)15-10-8-13(2)9-11-15/h13-18H,4-12H2,1-3H3. The minimum Gasteiger partial charge on any atom is -0.313 e. The molecule has 2 aliphatic rings. The monoisotopic (exact) mass is 251 g/mol. The van der Waals surface area contributed by atoms with Crippen molar-refractivity contribution in [1.82, 2.24) is 5.32 Å². The Morgan fingerprint density at radius 2 is 1.72 bits per heavy atom. The maximum absolute atomic E-state index is 3.93. The van der Waals surface area contributed by atoms with Crippen LogP contribution in [0.5, 0.6) is 0 Å². The Morgan fingerprint density at radius 3 is 2.28 bits per heavy atom. The van der Waals surface area contributed by atoms with Gasteiger partial charge in [0.2, 0.25) is 0 Å². The van der Waals surface area contributed by atoms with Gasteiger partial charge in [-0.1, -0.05) is 46.5 Å². The summed E-state index contributed by atoms with van der Waals surface area (Å²) in [6.45, 7) is 8.44. The predicted molar refractivity (Wildman–Crippen MR) is 79.7 cm³/mol. The SMILES string of the molecule is CCCNC(C1CCC(C)CC1)C1CCCC1C. The quantitative estimate of drug-likeness (QED) is 0.752. The predicted octanol–water partition coefficient (Wildman–Crippen LogP) is 4.62. The zero-order valence-corrected chi connectivity index (χ0v) is 12.8. The lowest BCUT2D eigenvalue weighted by Crippen LogP contribution is -2.44. The lowest BCUT2D eigenvalue weighted by atomic mass is 9.73. The molecule has 1 nitrogen and oxygen atoms in total. The topological polar surface area (TPSA) is 12.0 Å². The molecule has 2 aliphatic carbocycles. The van der Waals surface area contributed by atoms with E-state index in [1.54, 1.807) is 0 Å². The van der Waals surface area contributed by atoms with Crippen molar-refractivity contribution in [3.05, 3.63) is 0 Å². The van der Waals surface area contributed by atoms with Crippen molar-refractivity contribution in [1.29, 1.82) is 0 Å². The van der Waals surface area contributed by atoms with E-state index in [9.17, 15) is 0 Å². The van der Waals surface area contributed by atoms with E-state index < -0.39 is 0 Å². The third kappa shape index (κ3) is 3.50. The van der Waals surface area contributed by atoms with Crippen LogP contribution in [0, 0.1) is 23.7 Å². The molecule has 106 valence electrons. The Labute approximate surface area is 114 Å². The van der Waals surface area contributed by atoms with Crippen LogP contribution >= 0.6 is 0 Å². The Morgan fingerprint density at radius 1 is 1.00 bits per heavy atom. The molecule has 0 aromatic heterocycles. The summed E-state index contributed by atoms with van der Waals surface area (Å²) in [6.07, 6.45) is 11.6. The number of rotatable bonds is 5. The first-order valence-electron chi connectivity index (χ1n) is 8.45. The van der Waals surface area contributed by atoms with Gasteiger partial charge in [-0.25, -0.2) is 0 Å². The zero-order chi connectivity index (χ0) is 13.0. The Kier molecular flexibility index (Phi) is 5.54. The van der Waals surface area contributed by atoms with Gasteiger partial charge in [-0.2, -0.15) is 0 Å². The summed E-state index contributed by atoms with van der Waals surface area (Å²) in [7, 11) is 0. The van der Waals surface area contributed by atoms with Crippen LogP contribution in [0.4, 0.5) is 0 Å². The van der Waals surface area contributed by atoms with Gasteiger partial charge in [0.05, 0.1) is 0 Å². The van der Waals surface area contributed by atoms with Crippen LogP contribution in [-0.4, -0.2) is 12.6 Å². The molecule has 2 rings (SSSR count). The summed E-state index contributed by atoms with van der Waals surface area (Å²) < 4.78 is 0. The molecule has 0 aliphatic heterocycles. The molecule has 3 atom stereocenters. The maximum Gasteiger partial charge on any atom is 0.0126 e. The molecule has 2 fully saturated rings. The maximum atomic E-state index is 3.93. The molecule has 0 aromatic carbocycles. The average molecular weight is 251 g/mol. The first kappa shape index (κ1) is 14.4. The van der Waals surface area contributed by atoms with E-state index in [2.05, 4.69) is 26.1 Å². The first-order valence-corrected chi connectivity index (χ1v) is 8.45. The molecule has 0 heterocycles. The van der Waals surface area contributed by atoms with E-state index in [1.165, 1.54) is 57.9 Å². The molecular formula is C17H33N. The summed E-state index contributed by atoms with van der Waals surface area (Å²) in [5.41, 5.74) is 0. The minimum atomic E-state index is 0.829. The normalized spacial score (nSPS) is 38.8. The Hall–Kier alpha value is -0.0400. The van der Waals surface area contributed by atoms with Crippen molar-refractivity contribution < 1.29 is 0 Å². The van der Waals surface area contributed by atoms with E-state index in [0.29, 0.717) is 0 Å². The van der Waals surface area contributed by atoms with Gasteiger partial charge in [0, 0.05) is 6.04 Å². The van der Waals surface area contributed by atoms with E-state index in [-0.39, 0.29) is 0 Å². The van der Waals surface area contributed by atoms with E-state index in [0.717, 1.165) is 29.7 Å². The van der Waals surface area contributed by atoms with Gasteiger partial charge in [-0.3, -0.25) is 0 Å². The molecule has 0 saturated heterocycles. The highest BCUT2D eigenvalue weighted by Crippen LogP contribution is 2.40. The molecular weight excluding hydrogens is 218 g/mol. The fourth-order valence-electron chi connectivity index (χ4n) is 4.33. The van der Waals surface area contributed by atoms with Crippen LogP contribution in [-0.2, 0) is 0 Å². The van der Waals surface area contributed by atoms with E-state index >= 15 is 0 Å². The van der Waals surface area contributed by atoms with E-state index in [1.807, 2.05) is 0 Å². The molecule has 0 aromatic rings. The summed E-state index contributed by atoms with van der Waals surface area (Å²) in [5, 5.41) is 3.93. The molecule has 0 spiro atoms. The van der Waals surface area contributed by atoms with E-state index in [4.69, 9.17) is 0 Å². The number of hydrogen-bond acceptors (Lipinski definition) is 1. The molecule has 0 radical (unpaired) electrons. The molecule has 1 N–H and O–H groups in total. The van der Waals surface area contributed by atoms with Crippen molar-refractivity contribution in [2.75, 3.05) is 6.54 Å². The fraction of sp³-hybridized carbons (Fsp3) is 1.00. The van der Waals surface area contributed by atoms with Gasteiger partial charge in [-0.05, 0) is 55.9 Å². The lowest BCUT2D eigenvalue weighted by Gasteiger charge is -2.38. The van der Waals surface area contributed by atoms with Crippen LogP contribution in [0.1, 0.15) is 72.1 Å². The van der Waals surface area contributed by atoms with Gasteiger partial charge >= 0.3 is 0 Å².